The molecule has 15 heavy (non-hydrogen) atoms. The molecule has 84 valence electrons. The first-order valence-corrected chi connectivity index (χ1v) is 5.13. The predicted octanol–water partition coefficient (Wildman–Crippen LogP) is 2.06. The van der Waals surface area contributed by atoms with Crippen molar-refractivity contribution in [3.8, 4) is 0 Å². The van der Waals surface area contributed by atoms with Crippen molar-refractivity contribution in [3.05, 3.63) is 11.8 Å². The molecule has 0 aliphatic rings. The standard InChI is InChI=1S/C11H19N3O/c1-7(2)10(15)14-9(12)6-8(13-14)11(3,4)5/h6-7H,12H2,1-5H3. The Labute approximate surface area is 90.5 Å². The number of nitrogen functional groups attached to an aromatic ring is 1. The number of rotatable bonds is 1. The van der Waals surface area contributed by atoms with Gasteiger partial charge in [0.25, 0.3) is 5.91 Å². The summed E-state index contributed by atoms with van der Waals surface area (Å²) in [5.74, 6) is 0.252. The summed E-state index contributed by atoms with van der Waals surface area (Å²) in [5.41, 5.74) is 6.51. The van der Waals surface area contributed by atoms with Crippen LogP contribution in [-0.4, -0.2) is 15.7 Å². The van der Waals surface area contributed by atoms with Crippen molar-refractivity contribution in [2.45, 2.75) is 40.0 Å². The third kappa shape index (κ3) is 2.37. The second-order valence-electron chi connectivity index (χ2n) is 5.11. The van der Waals surface area contributed by atoms with E-state index in [4.69, 9.17) is 5.73 Å². The third-order valence-corrected chi connectivity index (χ3v) is 2.21. The van der Waals surface area contributed by atoms with Crippen LogP contribution in [0.5, 0.6) is 0 Å². The van der Waals surface area contributed by atoms with Crippen molar-refractivity contribution < 1.29 is 4.79 Å². The number of nitrogens with zero attached hydrogens (tertiary/aromatic N) is 2. The van der Waals surface area contributed by atoms with Gasteiger partial charge in [0.15, 0.2) is 0 Å². The summed E-state index contributed by atoms with van der Waals surface area (Å²) in [7, 11) is 0. The average Bonchev–Trinajstić information content (AvgIpc) is 2.45. The van der Waals surface area contributed by atoms with Gasteiger partial charge in [0.2, 0.25) is 0 Å². The van der Waals surface area contributed by atoms with Crippen LogP contribution in [0.3, 0.4) is 0 Å². The van der Waals surface area contributed by atoms with Crippen LogP contribution >= 0.6 is 0 Å². The number of carbonyl (C=O) groups excluding carboxylic acids is 1. The second kappa shape index (κ2) is 3.68. The molecule has 0 amide bonds. The first-order valence-electron chi connectivity index (χ1n) is 5.13. The molecule has 0 unspecified atom stereocenters. The highest BCUT2D eigenvalue weighted by atomic mass is 16.2. The Bertz CT molecular complexity index is 372. The molecule has 4 heteroatoms. The summed E-state index contributed by atoms with van der Waals surface area (Å²) in [4.78, 5) is 11.7. The summed E-state index contributed by atoms with van der Waals surface area (Å²) < 4.78 is 1.30. The van der Waals surface area contributed by atoms with Gasteiger partial charge in [-0.15, -0.1) is 0 Å². The minimum atomic E-state index is -0.0972. The van der Waals surface area contributed by atoms with Gasteiger partial charge < -0.3 is 5.73 Å². The van der Waals surface area contributed by atoms with Crippen molar-refractivity contribution >= 4 is 11.7 Å². The molecular weight excluding hydrogens is 190 g/mol. The normalized spacial score (nSPS) is 12.1. The maximum atomic E-state index is 11.7. The summed E-state index contributed by atoms with van der Waals surface area (Å²) in [6.07, 6.45) is 0. The van der Waals surface area contributed by atoms with Gasteiger partial charge in [-0.05, 0) is 0 Å². The van der Waals surface area contributed by atoms with Crippen molar-refractivity contribution in [2.75, 3.05) is 5.73 Å². The molecule has 0 atom stereocenters. The highest BCUT2D eigenvalue weighted by Crippen LogP contribution is 2.22. The maximum Gasteiger partial charge on any atom is 0.251 e. The van der Waals surface area contributed by atoms with Crippen molar-refractivity contribution in [1.82, 2.24) is 9.78 Å². The molecule has 0 aliphatic carbocycles. The van der Waals surface area contributed by atoms with Gasteiger partial charge in [0.05, 0.1) is 5.69 Å². The van der Waals surface area contributed by atoms with Crippen LogP contribution in [0.2, 0.25) is 0 Å². The second-order valence-corrected chi connectivity index (χ2v) is 5.11. The van der Waals surface area contributed by atoms with Crippen LogP contribution < -0.4 is 5.73 Å². The predicted molar refractivity (Wildman–Crippen MR) is 60.8 cm³/mol. The minimum Gasteiger partial charge on any atom is -0.383 e. The van der Waals surface area contributed by atoms with E-state index in [1.165, 1.54) is 4.68 Å². The van der Waals surface area contributed by atoms with Crippen LogP contribution in [0.15, 0.2) is 6.07 Å². The molecule has 2 N–H and O–H groups in total. The molecule has 0 aromatic carbocycles. The molecule has 0 fully saturated rings. The van der Waals surface area contributed by atoms with E-state index in [0.29, 0.717) is 5.82 Å². The molecule has 0 radical (unpaired) electrons. The molecule has 0 saturated heterocycles. The molecule has 0 spiro atoms. The Morgan fingerprint density at radius 2 is 2.00 bits per heavy atom. The van der Waals surface area contributed by atoms with Gasteiger partial charge >= 0.3 is 0 Å². The Morgan fingerprint density at radius 1 is 1.47 bits per heavy atom. The molecule has 0 aliphatic heterocycles. The highest BCUT2D eigenvalue weighted by molar-refractivity contribution is 5.82. The maximum absolute atomic E-state index is 11.7. The molecule has 0 saturated carbocycles. The van der Waals surface area contributed by atoms with Gasteiger partial charge in [0, 0.05) is 17.4 Å². The molecule has 1 aromatic rings. The van der Waals surface area contributed by atoms with Crippen LogP contribution in [0.1, 0.15) is 45.1 Å². The molecule has 0 bridgehead atoms. The van der Waals surface area contributed by atoms with Crippen molar-refractivity contribution in [2.24, 2.45) is 5.92 Å². The number of aromatic nitrogens is 2. The van der Waals surface area contributed by atoms with E-state index < -0.39 is 0 Å². The number of hydrogen-bond acceptors (Lipinski definition) is 3. The molecular formula is C11H19N3O. The van der Waals surface area contributed by atoms with Gasteiger partial charge in [-0.2, -0.15) is 9.78 Å². The van der Waals surface area contributed by atoms with E-state index in [1.54, 1.807) is 6.07 Å². The fourth-order valence-electron chi connectivity index (χ4n) is 1.18. The largest absolute Gasteiger partial charge is 0.383 e. The lowest BCUT2D eigenvalue weighted by Gasteiger charge is -2.14. The van der Waals surface area contributed by atoms with Gasteiger partial charge in [-0.1, -0.05) is 34.6 Å². The molecule has 1 aromatic heterocycles. The summed E-state index contributed by atoms with van der Waals surface area (Å²) in [6, 6.07) is 1.76. The summed E-state index contributed by atoms with van der Waals surface area (Å²) >= 11 is 0. The van der Waals surface area contributed by atoms with Gasteiger partial charge in [0.1, 0.15) is 5.82 Å². The molecule has 1 heterocycles. The van der Waals surface area contributed by atoms with E-state index in [-0.39, 0.29) is 17.2 Å². The van der Waals surface area contributed by atoms with E-state index in [9.17, 15) is 4.79 Å². The van der Waals surface area contributed by atoms with E-state index >= 15 is 0 Å². The first kappa shape index (κ1) is 11.8. The van der Waals surface area contributed by atoms with Gasteiger partial charge in [-0.25, -0.2) is 0 Å². The minimum absolute atomic E-state index is 0.0667. The lowest BCUT2D eigenvalue weighted by Crippen LogP contribution is -2.21. The quantitative estimate of drug-likeness (QED) is 0.770. The monoisotopic (exact) mass is 209 g/mol. The van der Waals surface area contributed by atoms with Crippen molar-refractivity contribution in [1.29, 1.82) is 0 Å². The average molecular weight is 209 g/mol. The number of hydrogen-bond donors (Lipinski definition) is 1. The first-order chi connectivity index (χ1) is 6.73. The Morgan fingerprint density at radius 3 is 2.33 bits per heavy atom. The van der Waals surface area contributed by atoms with Crippen LogP contribution in [-0.2, 0) is 5.41 Å². The fourth-order valence-corrected chi connectivity index (χ4v) is 1.18. The Balaban J connectivity index is 3.13. The lowest BCUT2D eigenvalue weighted by molar-refractivity contribution is 0.0841. The number of anilines is 1. The summed E-state index contributed by atoms with van der Waals surface area (Å²) in [5, 5.41) is 4.24. The van der Waals surface area contributed by atoms with Crippen molar-refractivity contribution in [3.63, 3.8) is 0 Å². The van der Waals surface area contributed by atoms with E-state index in [0.717, 1.165) is 5.69 Å². The Hall–Kier alpha value is -1.32. The number of carbonyl (C=O) groups is 1. The van der Waals surface area contributed by atoms with Crippen LogP contribution in [0.25, 0.3) is 0 Å². The van der Waals surface area contributed by atoms with E-state index in [1.807, 2.05) is 34.6 Å². The highest BCUT2D eigenvalue weighted by Gasteiger charge is 2.22. The zero-order chi connectivity index (χ0) is 11.8. The zero-order valence-electron chi connectivity index (χ0n) is 10.0. The topological polar surface area (TPSA) is 60.9 Å². The smallest absolute Gasteiger partial charge is 0.251 e. The van der Waals surface area contributed by atoms with E-state index in [2.05, 4.69) is 5.10 Å². The zero-order valence-corrected chi connectivity index (χ0v) is 10.0. The number of nitrogens with two attached hydrogens (primary N) is 1. The molecule has 4 nitrogen and oxygen atoms in total. The lowest BCUT2D eigenvalue weighted by atomic mass is 9.92. The van der Waals surface area contributed by atoms with Gasteiger partial charge in [-0.3, -0.25) is 4.79 Å². The summed E-state index contributed by atoms with van der Waals surface area (Å²) in [6.45, 7) is 9.79. The third-order valence-electron chi connectivity index (χ3n) is 2.21. The van der Waals surface area contributed by atoms with Crippen LogP contribution in [0, 0.1) is 5.92 Å². The molecule has 1 rings (SSSR count). The SMILES string of the molecule is CC(C)C(=O)n1nc(C(C)(C)C)cc1N. The Kier molecular flexibility index (Phi) is 2.88. The fraction of sp³-hybridized carbons (Fsp3) is 0.636. The van der Waals surface area contributed by atoms with Crippen LogP contribution in [0.4, 0.5) is 5.82 Å².